The largest absolute Gasteiger partial charge is 0.454 e. The van der Waals surface area contributed by atoms with Crippen LogP contribution in [0.4, 0.5) is 0 Å². The maximum atomic E-state index is 9.29. The number of hydrogen-bond acceptors (Lipinski definition) is 4. The van der Waals surface area contributed by atoms with Crippen LogP contribution >= 0.6 is 0 Å². The zero-order chi connectivity index (χ0) is 12.6. The highest BCUT2D eigenvalue weighted by Crippen LogP contribution is 2.44. The van der Waals surface area contributed by atoms with E-state index in [2.05, 4.69) is 18.3 Å². The Morgan fingerprint density at radius 1 is 1.33 bits per heavy atom. The molecule has 18 heavy (non-hydrogen) atoms. The van der Waals surface area contributed by atoms with Gasteiger partial charge in [0.25, 0.3) is 0 Å². The minimum atomic E-state index is 0.143. The standard InChI is InChI=1S/C14H19NO3/c1-10(15-7-14(8-16)4-5-14)11-2-3-12-13(6-11)18-9-17-12/h2-3,6,10,15-16H,4-5,7-9H2,1H3. The molecule has 1 aliphatic carbocycles. The SMILES string of the molecule is CC(NCC1(CO)CC1)c1ccc2c(c1)OCO2. The van der Waals surface area contributed by atoms with Gasteiger partial charge in [0, 0.05) is 24.6 Å². The molecule has 0 radical (unpaired) electrons. The Labute approximate surface area is 107 Å². The molecular formula is C14H19NO3. The third kappa shape index (κ3) is 2.18. The first-order valence-electron chi connectivity index (χ1n) is 6.46. The smallest absolute Gasteiger partial charge is 0.231 e. The second-order valence-corrected chi connectivity index (χ2v) is 5.37. The Morgan fingerprint density at radius 3 is 2.83 bits per heavy atom. The molecule has 1 aliphatic heterocycles. The second kappa shape index (κ2) is 4.44. The maximum Gasteiger partial charge on any atom is 0.231 e. The van der Waals surface area contributed by atoms with Crippen molar-refractivity contribution in [2.75, 3.05) is 19.9 Å². The van der Waals surface area contributed by atoms with Gasteiger partial charge >= 0.3 is 0 Å². The molecule has 4 nitrogen and oxygen atoms in total. The minimum Gasteiger partial charge on any atom is -0.454 e. The average molecular weight is 249 g/mol. The molecule has 1 heterocycles. The number of fused-ring (bicyclic) bond motifs is 1. The number of rotatable bonds is 5. The van der Waals surface area contributed by atoms with Gasteiger partial charge in [0.1, 0.15) is 0 Å². The number of aliphatic hydroxyl groups is 1. The van der Waals surface area contributed by atoms with Crippen molar-refractivity contribution in [1.82, 2.24) is 5.32 Å². The minimum absolute atomic E-state index is 0.143. The Hall–Kier alpha value is -1.26. The Kier molecular flexibility index (Phi) is 2.92. The van der Waals surface area contributed by atoms with Crippen molar-refractivity contribution in [3.05, 3.63) is 23.8 Å². The first-order chi connectivity index (χ1) is 8.72. The number of ether oxygens (including phenoxy) is 2. The van der Waals surface area contributed by atoms with Crippen LogP contribution in [-0.4, -0.2) is 25.1 Å². The van der Waals surface area contributed by atoms with E-state index in [4.69, 9.17) is 9.47 Å². The fourth-order valence-electron chi connectivity index (χ4n) is 2.24. The van der Waals surface area contributed by atoms with Crippen LogP contribution in [0.5, 0.6) is 11.5 Å². The molecule has 1 aromatic carbocycles. The molecule has 2 N–H and O–H groups in total. The fourth-order valence-corrected chi connectivity index (χ4v) is 2.24. The lowest BCUT2D eigenvalue weighted by Crippen LogP contribution is -2.28. The molecule has 1 aromatic rings. The van der Waals surface area contributed by atoms with Crippen molar-refractivity contribution in [2.24, 2.45) is 5.41 Å². The second-order valence-electron chi connectivity index (χ2n) is 5.37. The van der Waals surface area contributed by atoms with Crippen molar-refractivity contribution >= 4 is 0 Å². The van der Waals surface area contributed by atoms with E-state index in [1.54, 1.807) is 0 Å². The third-order valence-electron chi connectivity index (χ3n) is 3.97. The van der Waals surface area contributed by atoms with E-state index >= 15 is 0 Å². The predicted molar refractivity (Wildman–Crippen MR) is 67.7 cm³/mol. The van der Waals surface area contributed by atoms with E-state index in [-0.39, 0.29) is 18.1 Å². The van der Waals surface area contributed by atoms with Crippen LogP contribution in [-0.2, 0) is 0 Å². The predicted octanol–water partition coefficient (Wildman–Crippen LogP) is 1.84. The van der Waals surface area contributed by atoms with Gasteiger partial charge in [-0.2, -0.15) is 0 Å². The highest BCUT2D eigenvalue weighted by Gasteiger charge is 2.41. The first-order valence-corrected chi connectivity index (χ1v) is 6.46. The van der Waals surface area contributed by atoms with Gasteiger partial charge in [-0.1, -0.05) is 6.07 Å². The summed E-state index contributed by atoms with van der Waals surface area (Å²) in [5.41, 5.74) is 1.33. The molecule has 2 aliphatic rings. The highest BCUT2D eigenvalue weighted by molar-refractivity contribution is 5.45. The average Bonchev–Trinajstić information content (AvgIpc) is 3.04. The van der Waals surface area contributed by atoms with E-state index < -0.39 is 0 Å². The molecule has 4 heteroatoms. The van der Waals surface area contributed by atoms with Crippen LogP contribution in [0, 0.1) is 5.41 Å². The molecule has 98 valence electrons. The Balaban J connectivity index is 1.63. The van der Waals surface area contributed by atoms with E-state index in [9.17, 15) is 5.11 Å². The van der Waals surface area contributed by atoms with Gasteiger partial charge in [-0.05, 0) is 37.5 Å². The van der Waals surface area contributed by atoms with Crippen molar-refractivity contribution in [2.45, 2.75) is 25.8 Å². The van der Waals surface area contributed by atoms with Crippen molar-refractivity contribution in [3.8, 4) is 11.5 Å². The van der Waals surface area contributed by atoms with Crippen molar-refractivity contribution in [1.29, 1.82) is 0 Å². The number of hydrogen-bond donors (Lipinski definition) is 2. The summed E-state index contributed by atoms with van der Waals surface area (Å²) in [6.07, 6.45) is 2.26. The molecule has 1 unspecified atom stereocenters. The molecule has 1 fully saturated rings. The van der Waals surface area contributed by atoms with Gasteiger partial charge in [-0.3, -0.25) is 0 Å². The first kappa shape index (κ1) is 11.8. The van der Waals surface area contributed by atoms with Crippen LogP contribution in [0.15, 0.2) is 18.2 Å². The van der Waals surface area contributed by atoms with E-state index in [1.165, 1.54) is 5.56 Å². The normalized spacial score (nSPS) is 20.8. The fraction of sp³-hybridized carbons (Fsp3) is 0.571. The molecule has 0 bridgehead atoms. The lowest BCUT2D eigenvalue weighted by atomic mass is 10.1. The van der Waals surface area contributed by atoms with Crippen molar-refractivity contribution < 1.29 is 14.6 Å². The Morgan fingerprint density at radius 2 is 2.11 bits per heavy atom. The molecule has 0 saturated heterocycles. The van der Waals surface area contributed by atoms with Crippen LogP contribution in [0.25, 0.3) is 0 Å². The van der Waals surface area contributed by atoms with Gasteiger partial charge in [0.05, 0.1) is 0 Å². The number of benzene rings is 1. The lowest BCUT2D eigenvalue weighted by Gasteiger charge is -2.19. The van der Waals surface area contributed by atoms with E-state index in [0.717, 1.165) is 30.9 Å². The monoisotopic (exact) mass is 249 g/mol. The summed E-state index contributed by atoms with van der Waals surface area (Å²) in [4.78, 5) is 0. The molecule has 0 amide bonds. The van der Waals surface area contributed by atoms with Gasteiger partial charge < -0.3 is 19.9 Å². The topological polar surface area (TPSA) is 50.7 Å². The summed E-state index contributed by atoms with van der Waals surface area (Å²) >= 11 is 0. The summed E-state index contributed by atoms with van der Waals surface area (Å²) in [5.74, 6) is 1.64. The van der Waals surface area contributed by atoms with Gasteiger partial charge in [-0.15, -0.1) is 0 Å². The van der Waals surface area contributed by atoms with Gasteiger partial charge in [0.2, 0.25) is 6.79 Å². The van der Waals surface area contributed by atoms with Gasteiger partial charge in [0.15, 0.2) is 11.5 Å². The van der Waals surface area contributed by atoms with Crippen LogP contribution < -0.4 is 14.8 Å². The lowest BCUT2D eigenvalue weighted by molar-refractivity contribution is 0.174. The number of nitrogens with one attached hydrogen (secondary N) is 1. The number of aliphatic hydroxyl groups excluding tert-OH is 1. The maximum absolute atomic E-state index is 9.29. The molecule has 1 saturated carbocycles. The molecule has 1 atom stereocenters. The van der Waals surface area contributed by atoms with Crippen LogP contribution in [0.3, 0.4) is 0 Å². The zero-order valence-electron chi connectivity index (χ0n) is 10.6. The zero-order valence-corrected chi connectivity index (χ0v) is 10.6. The Bertz CT molecular complexity index is 443. The molecule has 3 rings (SSSR count). The van der Waals surface area contributed by atoms with Crippen LogP contribution in [0.2, 0.25) is 0 Å². The molecular weight excluding hydrogens is 230 g/mol. The third-order valence-corrected chi connectivity index (χ3v) is 3.97. The van der Waals surface area contributed by atoms with Crippen LogP contribution in [0.1, 0.15) is 31.4 Å². The quantitative estimate of drug-likeness (QED) is 0.836. The van der Waals surface area contributed by atoms with E-state index in [0.29, 0.717) is 6.79 Å². The van der Waals surface area contributed by atoms with E-state index in [1.807, 2.05) is 12.1 Å². The summed E-state index contributed by atoms with van der Waals surface area (Å²) in [5, 5.41) is 12.8. The van der Waals surface area contributed by atoms with Gasteiger partial charge in [-0.25, -0.2) is 0 Å². The summed E-state index contributed by atoms with van der Waals surface area (Å²) in [6, 6.07) is 6.29. The summed E-state index contributed by atoms with van der Waals surface area (Å²) in [7, 11) is 0. The summed E-state index contributed by atoms with van der Waals surface area (Å²) in [6.45, 7) is 3.60. The molecule has 0 spiro atoms. The molecule has 0 aromatic heterocycles. The highest BCUT2D eigenvalue weighted by atomic mass is 16.7. The van der Waals surface area contributed by atoms with Crippen molar-refractivity contribution in [3.63, 3.8) is 0 Å². The summed E-state index contributed by atoms with van der Waals surface area (Å²) < 4.78 is 10.7.